The number of nitro benzene ring substituents is 1. The van der Waals surface area contributed by atoms with Crippen molar-refractivity contribution in [3.63, 3.8) is 0 Å². The highest BCUT2D eigenvalue weighted by Gasteiger charge is 2.12. The van der Waals surface area contributed by atoms with Crippen LogP contribution in [0.3, 0.4) is 0 Å². The molecule has 0 amide bonds. The van der Waals surface area contributed by atoms with Gasteiger partial charge in [0.2, 0.25) is 0 Å². The predicted octanol–water partition coefficient (Wildman–Crippen LogP) is 5.30. The quantitative estimate of drug-likeness (QED) is 0.320. The van der Waals surface area contributed by atoms with Crippen molar-refractivity contribution in [2.45, 2.75) is 6.61 Å². The van der Waals surface area contributed by atoms with E-state index in [4.69, 9.17) is 0 Å². The molecule has 1 heterocycles. The number of halogens is 2. The topological polar surface area (TPSA) is 101 Å². The first-order valence-corrected chi connectivity index (χ1v) is 8.97. The first kappa shape index (κ1) is 19.9. The normalized spacial score (nSPS) is 11.2. The van der Waals surface area contributed by atoms with Crippen LogP contribution >= 0.6 is 11.3 Å². The number of para-hydroxylation sites is 2. The molecular weight excluding hydrogens is 402 g/mol. The van der Waals surface area contributed by atoms with Gasteiger partial charge in [-0.05, 0) is 24.3 Å². The number of hydrogen-bond donors (Lipinski definition) is 1. The Morgan fingerprint density at radius 2 is 2.00 bits per heavy atom. The summed E-state index contributed by atoms with van der Waals surface area (Å²) in [4.78, 5) is 14.6. The number of rotatable bonds is 7. The average molecular weight is 414 g/mol. The number of thiazole rings is 1. The number of benzene rings is 2. The number of hydrogen-bond acceptors (Lipinski definition) is 7. The van der Waals surface area contributed by atoms with E-state index in [-0.39, 0.29) is 22.7 Å². The lowest BCUT2D eigenvalue weighted by molar-refractivity contribution is -0.384. The number of nitrogens with one attached hydrogen (secondary N) is 1. The minimum Gasteiger partial charge on any atom is -0.433 e. The molecule has 0 fully saturated rings. The second-order valence-electron chi connectivity index (χ2n) is 5.53. The lowest BCUT2D eigenvalue weighted by Gasteiger charge is -2.10. The number of nitro groups is 1. The number of non-ortho nitro benzene ring substituents is 1. The van der Waals surface area contributed by atoms with Gasteiger partial charge >= 0.3 is 6.61 Å². The molecule has 0 aliphatic heterocycles. The van der Waals surface area contributed by atoms with Gasteiger partial charge in [-0.15, -0.1) is 11.3 Å². The molecule has 0 spiro atoms. The first-order chi connectivity index (χ1) is 14.0. The maximum atomic E-state index is 12.5. The fraction of sp³-hybridized carbons (Fsp3) is 0.0526. The van der Waals surface area contributed by atoms with E-state index in [1.54, 1.807) is 29.6 Å². The summed E-state index contributed by atoms with van der Waals surface area (Å²) >= 11 is 1.21. The second kappa shape index (κ2) is 8.90. The van der Waals surface area contributed by atoms with Gasteiger partial charge in [0.15, 0.2) is 0 Å². The molecule has 0 saturated carbocycles. The predicted molar refractivity (Wildman–Crippen MR) is 104 cm³/mol. The molecule has 3 rings (SSSR count). The van der Waals surface area contributed by atoms with Gasteiger partial charge in [0.05, 0.1) is 16.3 Å². The zero-order valence-electron chi connectivity index (χ0n) is 14.6. The third kappa shape index (κ3) is 4.91. The zero-order valence-corrected chi connectivity index (χ0v) is 15.4. The first-order valence-electron chi connectivity index (χ1n) is 8.09. The van der Waals surface area contributed by atoms with Crippen molar-refractivity contribution in [1.82, 2.24) is 4.98 Å². The number of nitrogens with zero attached hydrogens (tertiary/aromatic N) is 3. The molecule has 1 N–H and O–H groups in total. The zero-order chi connectivity index (χ0) is 20.8. The summed E-state index contributed by atoms with van der Waals surface area (Å²) < 4.78 is 29.4. The standard InChI is InChI=1S/C19H12F2N4O3S/c20-19(21)28-17-4-2-1-3-15(17)23-10-13(9-22)18-24-16(11-29-18)12-5-7-14(8-6-12)25(26)27/h1-8,10-11,19,23H/b13-10+. The number of nitriles is 1. The van der Waals surface area contributed by atoms with Crippen LogP contribution in [0.25, 0.3) is 16.8 Å². The maximum absolute atomic E-state index is 12.5. The highest BCUT2D eigenvalue weighted by molar-refractivity contribution is 7.11. The molecule has 146 valence electrons. The van der Waals surface area contributed by atoms with Crippen molar-refractivity contribution in [2.24, 2.45) is 0 Å². The molecule has 2 aromatic carbocycles. The van der Waals surface area contributed by atoms with Crippen LogP contribution in [-0.4, -0.2) is 16.5 Å². The summed E-state index contributed by atoms with van der Waals surface area (Å²) in [6.45, 7) is -2.97. The van der Waals surface area contributed by atoms with Crippen LogP contribution in [0.15, 0.2) is 60.1 Å². The molecule has 29 heavy (non-hydrogen) atoms. The third-order valence-corrected chi connectivity index (χ3v) is 4.58. The highest BCUT2D eigenvalue weighted by Crippen LogP contribution is 2.29. The molecule has 0 atom stereocenters. The van der Waals surface area contributed by atoms with Crippen LogP contribution in [0.5, 0.6) is 5.75 Å². The van der Waals surface area contributed by atoms with Gasteiger partial charge in [-0.1, -0.05) is 12.1 Å². The lowest BCUT2D eigenvalue weighted by Crippen LogP contribution is -2.04. The van der Waals surface area contributed by atoms with E-state index in [0.29, 0.717) is 16.3 Å². The van der Waals surface area contributed by atoms with Crippen LogP contribution in [0.1, 0.15) is 5.01 Å². The smallest absolute Gasteiger partial charge is 0.387 e. The summed E-state index contributed by atoms with van der Waals surface area (Å²) in [5, 5.41) is 25.1. The Morgan fingerprint density at radius 1 is 1.28 bits per heavy atom. The van der Waals surface area contributed by atoms with E-state index in [1.165, 1.54) is 41.8 Å². The molecule has 0 aliphatic carbocycles. The number of allylic oxidation sites excluding steroid dienone is 1. The Kier molecular flexibility index (Phi) is 6.11. The SMILES string of the molecule is N#C/C(=C\Nc1ccccc1OC(F)F)c1nc(-c2ccc([N+](=O)[O-])cc2)cs1. The van der Waals surface area contributed by atoms with Crippen molar-refractivity contribution in [3.05, 3.63) is 75.2 Å². The Balaban J connectivity index is 1.81. The van der Waals surface area contributed by atoms with E-state index in [1.807, 2.05) is 6.07 Å². The number of alkyl halides is 2. The minimum absolute atomic E-state index is 0.0318. The van der Waals surface area contributed by atoms with E-state index in [2.05, 4.69) is 15.0 Å². The molecule has 0 saturated heterocycles. The van der Waals surface area contributed by atoms with E-state index in [0.717, 1.165) is 0 Å². The van der Waals surface area contributed by atoms with Crippen molar-refractivity contribution < 1.29 is 18.4 Å². The Hall–Kier alpha value is -3.84. The van der Waals surface area contributed by atoms with Crippen LogP contribution in [0, 0.1) is 21.4 Å². The molecular formula is C19H12F2N4O3S. The minimum atomic E-state index is -2.97. The van der Waals surface area contributed by atoms with Gasteiger partial charge in [0.25, 0.3) is 5.69 Å². The van der Waals surface area contributed by atoms with Gasteiger partial charge < -0.3 is 10.1 Å². The molecule has 0 unspecified atom stereocenters. The van der Waals surface area contributed by atoms with Crippen molar-refractivity contribution in [2.75, 3.05) is 5.32 Å². The van der Waals surface area contributed by atoms with Gasteiger partial charge in [-0.2, -0.15) is 14.0 Å². The van der Waals surface area contributed by atoms with Crippen LogP contribution < -0.4 is 10.1 Å². The van der Waals surface area contributed by atoms with Crippen molar-refractivity contribution >= 4 is 28.3 Å². The molecule has 0 aliphatic rings. The fourth-order valence-electron chi connectivity index (χ4n) is 2.36. The van der Waals surface area contributed by atoms with E-state index < -0.39 is 11.5 Å². The number of anilines is 1. The summed E-state index contributed by atoms with van der Waals surface area (Å²) in [6.07, 6.45) is 1.35. The van der Waals surface area contributed by atoms with E-state index in [9.17, 15) is 24.2 Å². The largest absolute Gasteiger partial charge is 0.433 e. The maximum Gasteiger partial charge on any atom is 0.387 e. The fourth-order valence-corrected chi connectivity index (χ4v) is 3.15. The van der Waals surface area contributed by atoms with Gasteiger partial charge in [-0.25, -0.2) is 4.98 Å². The summed E-state index contributed by atoms with van der Waals surface area (Å²) in [6, 6.07) is 14.0. The van der Waals surface area contributed by atoms with Gasteiger partial charge in [0, 0.05) is 29.3 Å². The highest BCUT2D eigenvalue weighted by atomic mass is 32.1. The Bertz CT molecular complexity index is 1090. The second-order valence-corrected chi connectivity index (χ2v) is 6.39. The van der Waals surface area contributed by atoms with Gasteiger partial charge in [0.1, 0.15) is 22.4 Å². The molecule has 0 bridgehead atoms. The molecule has 7 nitrogen and oxygen atoms in total. The van der Waals surface area contributed by atoms with Crippen LogP contribution in [0.2, 0.25) is 0 Å². The Labute approximate surface area is 167 Å². The summed E-state index contributed by atoms with van der Waals surface area (Å²) in [7, 11) is 0. The third-order valence-electron chi connectivity index (χ3n) is 3.70. The average Bonchev–Trinajstić information content (AvgIpc) is 3.19. The Morgan fingerprint density at radius 3 is 2.66 bits per heavy atom. The van der Waals surface area contributed by atoms with Crippen molar-refractivity contribution in [1.29, 1.82) is 5.26 Å². The van der Waals surface area contributed by atoms with Crippen molar-refractivity contribution in [3.8, 4) is 23.1 Å². The van der Waals surface area contributed by atoms with Gasteiger partial charge in [-0.3, -0.25) is 10.1 Å². The molecule has 3 aromatic rings. The van der Waals surface area contributed by atoms with E-state index >= 15 is 0 Å². The number of aromatic nitrogens is 1. The van der Waals surface area contributed by atoms with Crippen LogP contribution in [-0.2, 0) is 0 Å². The molecule has 10 heteroatoms. The molecule has 0 radical (unpaired) electrons. The van der Waals surface area contributed by atoms with Crippen LogP contribution in [0.4, 0.5) is 20.2 Å². The monoisotopic (exact) mass is 414 g/mol. The molecule has 1 aromatic heterocycles. The summed E-state index contributed by atoms with van der Waals surface area (Å²) in [5.41, 5.74) is 1.65. The summed E-state index contributed by atoms with van der Waals surface area (Å²) in [5.74, 6) is -0.0539. The lowest BCUT2D eigenvalue weighted by atomic mass is 10.1. The number of ether oxygens (including phenoxy) is 1.